The molecule has 1 saturated heterocycles. The van der Waals surface area contributed by atoms with Crippen LogP contribution in [-0.4, -0.2) is 79.5 Å². The Kier molecular flexibility index (Phi) is 7.34. The summed E-state index contributed by atoms with van der Waals surface area (Å²) in [5.74, 6) is -4.44. The number of carboxylic acid groups (broad SMARTS) is 1. The number of aliphatic hydroxyl groups is 5. The molecule has 0 spiro atoms. The molecule has 0 unspecified atom stereocenters. The Bertz CT molecular complexity index is 324. The first-order valence-corrected chi connectivity index (χ1v) is 5.27. The van der Waals surface area contributed by atoms with Crippen molar-refractivity contribution in [2.45, 2.75) is 42.7 Å². The van der Waals surface area contributed by atoms with Crippen LogP contribution in [0.1, 0.15) is 7.85 Å². The van der Waals surface area contributed by atoms with E-state index in [-0.39, 0.29) is 31.0 Å². The largest absolute Gasteiger partial charge is 1.00 e. The molecule has 6 atom stereocenters. The maximum atomic E-state index is 10.8. The van der Waals surface area contributed by atoms with E-state index in [1.165, 1.54) is 0 Å². The van der Waals surface area contributed by atoms with E-state index in [0.717, 1.165) is 0 Å². The standard InChI is InChI=1S/C9H17NO8.Na.H/c10-5-3(12)1-9(17,8(15)16)18-7(5)6(14)4(13)2-11;;/h3-7,11-14,17H,1-2,10H2,(H,15,16);;/q;+1;-1/t3-,4+,5+,6+,7+,9-;;/m0../s1. The third-order valence-electron chi connectivity index (χ3n) is 2.89. The molecule has 1 fully saturated rings. The second-order valence-corrected chi connectivity index (χ2v) is 4.26. The van der Waals surface area contributed by atoms with Gasteiger partial charge < -0.3 is 42.5 Å². The van der Waals surface area contributed by atoms with Crippen LogP contribution < -0.4 is 35.3 Å². The van der Waals surface area contributed by atoms with E-state index in [1.807, 2.05) is 0 Å². The van der Waals surface area contributed by atoms with Gasteiger partial charge in [-0.25, -0.2) is 4.79 Å². The molecule has 9 nitrogen and oxygen atoms in total. The van der Waals surface area contributed by atoms with Gasteiger partial charge in [0.15, 0.2) is 0 Å². The Hall–Kier alpha value is 0.190. The number of carboxylic acids is 1. The van der Waals surface area contributed by atoms with Crippen LogP contribution in [0.4, 0.5) is 0 Å². The molecular formula is C9H18NNaO8. The summed E-state index contributed by atoms with van der Waals surface area (Å²) < 4.78 is 4.75. The molecule has 0 aliphatic carbocycles. The maximum absolute atomic E-state index is 10.8. The van der Waals surface area contributed by atoms with Crippen LogP contribution in [0.3, 0.4) is 0 Å². The zero-order valence-electron chi connectivity index (χ0n) is 11.4. The zero-order valence-corrected chi connectivity index (χ0v) is 12.4. The van der Waals surface area contributed by atoms with Crippen molar-refractivity contribution >= 4 is 5.97 Å². The fourth-order valence-electron chi connectivity index (χ4n) is 1.75. The van der Waals surface area contributed by atoms with E-state index in [2.05, 4.69) is 0 Å². The van der Waals surface area contributed by atoms with Gasteiger partial charge in [-0.15, -0.1) is 0 Å². The van der Waals surface area contributed by atoms with Gasteiger partial charge in [0.25, 0.3) is 5.79 Å². The fraction of sp³-hybridized carbons (Fsp3) is 0.889. The Labute approximate surface area is 132 Å². The Balaban J connectivity index is 0. The van der Waals surface area contributed by atoms with Crippen LogP contribution in [0.25, 0.3) is 0 Å². The minimum Gasteiger partial charge on any atom is -1.00 e. The normalized spacial score (nSPS) is 38.1. The van der Waals surface area contributed by atoms with Crippen molar-refractivity contribution < 1.29 is 71.2 Å². The van der Waals surface area contributed by atoms with Gasteiger partial charge in [0, 0.05) is 6.42 Å². The molecule has 0 aromatic heterocycles. The molecule has 1 aliphatic heterocycles. The summed E-state index contributed by atoms with van der Waals surface area (Å²) in [4.78, 5) is 10.8. The molecule has 8 N–H and O–H groups in total. The number of aliphatic hydroxyl groups excluding tert-OH is 4. The molecule has 10 heteroatoms. The molecule has 0 saturated carbocycles. The number of ether oxygens (including phenoxy) is 1. The second kappa shape index (κ2) is 7.27. The first-order chi connectivity index (χ1) is 8.23. The smallest absolute Gasteiger partial charge is 1.00 e. The molecule has 1 heterocycles. The summed E-state index contributed by atoms with van der Waals surface area (Å²) in [6, 6.07) is -1.21. The molecule has 0 aromatic carbocycles. The quantitative estimate of drug-likeness (QED) is 0.248. The van der Waals surface area contributed by atoms with Crippen molar-refractivity contribution in [2.24, 2.45) is 5.73 Å². The predicted molar refractivity (Wildman–Crippen MR) is 56.3 cm³/mol. The summed E-state index contributed by atoms with van der Waals surface area (Å²) in [7, 11) is 0. The van der Waals surface area contributed by atoms with E-state index in [1.54, 1.807) is 0 Å². The van der Waals surface area contributed by atoms with Crippen LogP contribution in [-0.2, 0) is 9.53 Å². The number of hydrogen-bond acceptors (Lipinski definition) is 8. The fourth-order valence-corrected chi connectivity index (χ4v) is 1.75. The Morgan fingerprint density at radius 1 is 1.53 bits per heavy atom. The third kappa shape index (κ3) is 4.08. The van der Waals surface area contributed by atoms with Crippen molar-refractivity contribution in [2.75, 3.05) is 6.61 Å². The number of aliphatic carboxylic acids is 1. The van der Waals surface area contributed by atoms with E-state index in [4.69, 9.17) is 20.7 Å². The topological polar surface area (TPSA) is 174 Å². The van der Waals surface area contributed by atoms with Crippen molar-refractivity contribution in [1.82, 2.24) is 0 Å². The summed E-state index contributed by atoms with van der Waals surface area (Å²) in [6.07, 6.45) is -7.01. The average molecular weight is 291 g/mol. The molecule has 0 bridgehead atoms. The van der Waals surface area contributed by atoms with Crippen LogP contribution in [0.2, 0.25) is 0 Å². The van der Waals surface area contributed by atoms with E-state index in [9.17, 15) is 25.2 Å². The summed E-state index contributed by atoms with van der Waals surface area (Å²) in [5.41, 5.74) is 5.51. The minimum absolute atomic E-state index is 0. The molecule has 0 amide bonds. The van der Waals surface area contributed by atoms with Gasteiger partial charge in [0.1, 0.15) is 18.3 Å². The predicted octanol–water partition coefficient (Wildman–Crippen LogP) is -6.93. The number of nitrogens with two attached hydrogens (primary N) is 1. The molecule has 1 rings (SSSR count). The van der Waals surface area contributed by atoms with E-state index in [0.29, 0.717) is 0 Å². The van der Waals surface area contributed by atoms with Gasteiger partial charge in [-0.2, -0.15) is 0 Å². The van der Waals surface area contributed by atoms with Crippen LogP contribution in [0.15, 0.2) is 0 Å². The number of hydrogen-bond donors (Lipinski definition) is 7. The molecule has 0 aromatic rings. The molecule has 108 valence electrons. The van der Waals surface area contributed by atoms with Gasteiger partial charge in [0.2, 0.25) is 0 Å². The monoisotopic (exact) mass is 291 g/mol. The Morgan fingerprint density at radius 3 is 2.47 bits per heavy atom. The van der Waals surface area contributed by atoms with Crippen LogP contribution >= 0.6 is 0 Å². The van der Waals surface area contributed by atoms with Crippen molar-refractivity contribution in [1.29, 1.82) is 0 Å². The van der Waals surface area contributed by atoms with Gasteiger partial charge in [0.05, 0.1) is 18.8 Å². The van der Waals surface area contributed by atoms with E-state index < -0.39 is 55.2 Å². The summed E-state index contributed by atoms with van der Waals surface area (Å²) >= 11 is 0. The molecule has 0 radical (unpaired) electrons. The van der Waals surface area contributed by atoms with E-state index >= 15 is 0 Å². The van der Waals surface area contributed by atoms with Gasteiger partial charge in [-0.05, 0) is 0 Å². The number of rotatable bonds is 4. The van der Waals surface area contributed by atoms with Crippen LogP contribution in [0, 0.1) is 0 Å². The van der Waals surface area contributed by atoms with Gasteiger partial charge >= 0.3 is 35.5 Å². The molecular weight excluding hydrogens is 273 g/mol. The first kappa shape index (κ1) is 19.2. The second-order valence-electron chi connectivity index (χ2n) is 4.26. The minimum atomic E-state index is -2.70. The van der Waals surface area contributed by atoms with Crippen molar-refractivity contribution in [3.63, 3.8) is 0 Å². The third-order valence-corrected chi connectivity index (χ3v) is 2.89. The first-order valence-electron chi connectivity index (χ1n) is 5.27. The number of carbonyl (C=O) groups is 1. The molecule has 19 heavy (non-hydrogen) atoms. The van der Waals surface area contributed by atoms with Crippen molar-refractivity contribution in [3.05, 3.63) is 0 Å². The van der Waals surface area contributed by atoms with Crippen molar-refractivity contribution in [3.8, 4) is 0 Å². The van der Waals surface area contributed by atoms with Gasteiger partial charge in [-0.3, -0.25) is 0 Å². The van der Waals surface area contributed by atoms with Gasteiger partial charge in [-0.1, -0.05) is 0 Å². The molecule has 1 aliphatic rings. The summed E-state index contributed by atoms with van der Waals surface area (Å²) in [5, 5.41) is 55.5. The maximum Gasteiger partial charge on any atom is 1.00 e. The Morgan fingerprint density at radius 2 is 2.05 bits per heavy atom. The average Bonchev–Trinajstić information content (AvgIpc) is 2.31. The van der Waals surface area contributed by atoms with Crippen LogP contribution in [0.5, 0.6) is 0 Å². The SMILES string of the molecule is N[C@H]1[C@H]([C@H](O)[C@H](O)CO)O[C@](O)(C(=O)O)C[C@@H]1O.[H-].[Na+]. The zero-order chi connectivity index (χ0) is 14.1. The summed E-state index contributed by atoms with van der Waals surface area (Å²) in [6.45, 7) is -0.810.